The number of nitrogens with one attached hydrogen (secondary N) is 1. The molecule has 0 saturated heterocycles. The summed E-state index contributed by atoms with van der Waals surface area (Å²) in [5.74, 6) is -0.0319. The first-order valence-corrected chi connectivity index (χ1v) is 6.97. The highest BCUT2D eigenvalue weighted by Gasteiger charge is 2.11. The Labute approximate surface area is 118 Å². The number of aromatic nitrogens is 2. The van der Waals surface area contributed by atoms with Crippen molar-refractivity contribution < 1.29 is 4.79 Å². The van der Waals surface area contributed by atoms with Gasteiger partial charge >= 0.3 is 0 Å². The van der Waals surface area contributed by atoms with Crippen LogP contribution in [0.5, 0.6) is 0 Å². The lowest BCUT2D eigenvalue weighted by Gasteiger charge is -2.16. The van der Waals surface area contributed by atoms with Crippen LogP contribution in [-0.2, 0) is 24.1 Å². The van der Waals surface area contributed by atoms with E-state index in [9.17, 15) is 4.79 Å². The van der Waals surface area contributed by atoms with Crippen molar-refractivity contribution in [2.45, 2.75) is 32.1 Å². The molecule has 1 aromatic heterocycles. The molecular formula is C16H17N3O. The van der Waals surface area contributed by atoms with Gasteiger partial charge in [0.2, 0.25) is 5.91 Å². The normalized spacial score (nSPS) is 13.6. The Bertz CT molecular complexity index is 610. The Morgan fingerprint density at radius 1 is 1.10 bits per heavy atom. The van der Waals surface area contributed by atoms with Crippen molar-refractivity contribution in [3.63, 3.8) is 0 Å². The van der Waals surface area contributed by atoms with Crippen LogP contribution in [0.3, 0.4) is 0 Å². The maximum atomic E-state index is 12.0. The van der Waals surface area contributed by atoms with Gasteiger partial charge < -0.3 is 5.32 Å². The zero-order valence-corrected chi connectivity index (χ0v) is 11.3. The predicted octanol–water partition coefficient (Wildman–Crippen LogP) is 2.54. The Kier molecular flexibility index (Phi) is 3.72. The van der Waals surface area contributed by atoms with Gasteiger partial charge in [-0.05, 0) is 42.4 Å². The minimum absolute atomic E-state index is 0.0319. The molecule has 0 aliphatic heterocycles. The van der Waals surface area contributed by atoms with Gasteiger partial charge in [0.15, 0.2) is 0 Å². The van der Waals surface area contributed by atoms with Crippen molar-refractivity contribution in [2.24, 2.45) is 0 Å². The summed E-state index contributed by atoms with van der Waals surface area (Å²) in [7, 11) is 0. The van der Waals surface area contributed by atoms with E-state index in [1.807, 2.05) is 0 Å². The molecule has 3 rings (SSSR count). The van der Waals surface area contributed by atoms with Crippen LogP contribution in [0, 0.1) is 0 Å². The van der Waals surface area contributed by atoms with Crippen LogP contribution in [0.15, 0.2) is 36.9 Å². The molecule has 0 unspecified atom stereocenters. The average molecular weight is 267 g/mol. The molecule has 0 bridgehead atoms. The number of benzene rings is 1. The molecule has 102 valence electrons. The van der Waals surface area contributed by atoms with Crippen LogP contribution >= 0.6 is 0 Å². The van der Waals surface area contributed by atoms with E-state index < -0.39 is 0 Å². The highest BCUT2D eigenvalue weighted by molar-refractivity contribution is 5.91. The number of nitrogens with zero attached hydrogens (tertiary/aromatic N) is 2. The maximum absolute atomic E-state index is 12.0. The molecule has 1 heterocycles. The molecule has 0 fully saturated rings. The number of aryl methyl sites for hydroxylation is 2. The first kappa shape index (κ1) is 12.8. The summed E-state index contributed by atoms with van der Waals surface area (Å²) in [6.07, 6.45) is 9.86. The fourth-order valence-corrected chi connectivity index (χ4v) is 2.65. The van der Waals surface area contributed by atoms with E-state index in [0.29, 0.717) is 12.1 Å². The van der Waals surface area contributed by atoms with E-state index in [1.165, 1.54) is 36.7 Å². The number of hydrogen-bond donors (Lipinski definition) is 1. The highest BCUT2D eigenvalue weighted by atomic mass is 16.1. The number of hydrogen-bond acceptors (Lipinski definition) is 3. The molecule has 4 nitrogen and oxygen atoms in total. The number of carbonyl (C=O) groups excluding carboxylic acids is 1. The van der Waals surface area contributed by atoms with Gasteiger partial charge in [0, 0.05) is 0 Å². The van der Waals surface area contributed by atoms with Crippen LogP contribution in [-0.4, -0.2) is 15.9 Å². The van der Waals surface area contributed by atoms with E-state index in [0.717, 1.165) is 12.0 Å². The fourth-order valence-electron chi connectivity index (χ4n) is 2.65. The molecule has 1 amide bonds. The second kappa shape index (κ2) is 5.82. The quantitative estimate of drug-likeness (QED) is 0.929. The smallest absolute Gasteiger partial charge is 0.228 e. The maximum Gasteiger partial charge on any atom is 0.228 e. The second-order valence-electron chi connectivity index (χ2n) is 5.16. The molecule has 1 aromatic carbocycles. The zero-order chi connectivity index (χ0) is 13.8. The topological polar surface area (TPSA) is 54.9 Å². The lowest BCUT2D eigenvalue weighted by molar-refractivity contribution is -0.115. The fraction of sp³-hybridized carbons (Fsp3) is 0.312. The van der Waals surface area contributed by atoms with Gasteiger partial charge in [0.05, 0.1) is 24.5 Å². The van der Waals surface area contributed by atoms with Gasteiger partial charge in [0.1, 0.15) is 6.33 Å². The van der Waals surface area contributed by atoms with E-state index in [4.69, 9.17) is 0 Å². The van der Waals surface area contributed by atoms with Crippen molar-refractivity contribution in [1.29, 1.82) is 0 Å². The minimum atomic E-state index is -0.0319. The molecular weight excluding hydrogens is 250 g/mol. The van der Waals surface area contributed by atoms with Crippen molar-refractivity contribution in [1.82, 2.24) is 9.97 Å². The molecule has 0 radical (unpaired) electrons. The van der Waals surface area contributed by atoms with Crippen LogP contribution in [0.2, 0.25) is 0 Å². The molecule has 2 aromatic rings. The number of anilines is 1. The van der Waals surface area contributed by atoms with Gasteiger partial charge in [-0.15, -0.1) is 0 Å². The Morgan fingerprint density at radius 2 is 1.85 bits per heavy atom. The van der Waals surface area contributed by atoms with Gasteiger partial charge in [-0.2, -0.15) is 0 Å². The number of amides is 1. The van der Waals surface area contributed by atoms with Crippen LogP contribution in [0.25, 0.3) is 0 Å². The van der Waals surface area contributed by atoms with Crippen LogP contribution < -0.4 is 5.32 Å². The highest BCUT2D eigenvalue weighted by Crippen LogP contribution is 2.22. The number of fused-ring (bicyclic) bond motifs is 1. The largest absolute Gasteiger partial charge is 0.323 e. The summed E-state index contributed by atoms with van der Waals surface area (Å²) in [5, 5.41) is 2.81. The summed E-state index contributed by atoms with van der Waals surface area (Å²) in [6, 6.07) is 6.41. The van der Waals surface area contributed by atoms with Gasteiger partial charge in [0.25, 0.3) is 0 Å². The third-order valence-electron chi connectivity index (χ3n) is 3.62. The summed E-state index contributed by atoms with van der Waals surface area (Å²) in [6.45, 7) is 0. The SMILES string of the molecule is O=C(Cc1ccc2c(c1)CCCC2)Nc1cncnc1. The molecule has 0 atom stereocenters. The summed E-state index contributed by atoms with van der Waals surface area (Å²) >= 11 is 0. The standard InChI is InChI=1S/C16H17N3O/c20-16(19-15-9-17-11-18-10-15)8-12-5-6-13-3-1-2-4-14(13)7-12/h5-7,9-11H,1-4,8H2,(H,19,20). The third-order valence-corrected chi connectivity index (χ3v) is 3.62. The third kappa shape index (κ3) is 3.02. The van der Waals surface area contributed by atoms with E-state index in [1.54, 1.807) is 12.4 Å². The predicted molar refractivity (Wildman–Crippen MR) is 77.4 cm³/mol. The van der Waals surface area contributed by atoms with Gasteiger partial charge in [-0.1, -0.05) is 18.2 Å². The molecule has 0 saturated carbocycles. The number of carbonyl (C=O) groups is 1. The molecule has 1 aliphatic rings. The minimum Gasteiger partial charge on any atom is -0.323 e. The Morgan fingerprint density at radius 3 is 2.65 bits per heavy atom. The van der Waals surface area contributed by atoms with Crippen LogP contribution in [0.4, 0.5) is 5.69 Å². The van der Waals surface area contributed by atoms with Gasteiger partial charge in [-0.25, -0.2) is 9.97 Å². The molecule has 20 heavy (non-hydrogen) atoms. The first-order valence-electron chi connectivity index (χ1n) is 6.97. The molecule has 0 spiro atoms. The van der Waals surface area contributed by atoms with Crippen molar-refractivity contribution in [3.05, 3.63) is 53.6 Å². The summed E-state index contributed by atoms with van der Waals surface area (Å²) < 4.78 is 0. The zero-order valence-electron chi connectivity index (χ0n) is 11.3. The van der Waals surface area contributed by atoms with Crippen molar-refractivity contribution in [3.8, 4) is 0 Å². The summed E-state index contributed by atoms with van der Waals surface area (Å²) in [4.78, 5) is 19.7. The van der Waals surface area contributed by atoms with E-state index in [-0.39, 0.29) is 5.91 Å². The first-order chi connectivity index (χ1) is 9.81. The molecule has 1 N–H and O–H groups in total. The van der Waals surface area contributed by atoms with E-state index >= 15 is 0 Å². The summed E-state index contributed by atoms with van der Waals surface area (Å²) in [5.41, 5.74) is 4.55. The number of rotatable bonds is 3. The molecule has 1 aliphatic carbocycles. The molecule has 4 heteroatoms. The van der Waals surface area contributed by atoms with Crippen LogP contribution in [0.1, 0.15) is 29.5 Å². The Hall–Kier alpha value is -2.23. The second-order valence-corrected chi connectivity index (χ2v) is 5.16. The van der Waals surface area contributed by atoms with Gasteiger partial charge in [-0.3, -0.25) is 4.79 Å². The Balaban J connectivity index is 1.67. The lowest BCUT2D eigenvalue weighted by atomic mass is 9.90. The van der Waals surface area contributed by atoms with Crippen molar-refractivity contribution >= 4 is 11.6 Å². The monoisotopic (exact) mass is 267 g/mol. The average Bonchev–Trinajstić information content (AvgIpc) is 2.48. The lowest BCUT2D eigenvalue weighted by Crippen LogP contribution is -2.15. The van der Waals surface area contributed by atoms with Crippen molar-refractivity contribution in [2.75, 3.05) is 5.32 Å². The van der Waals surface area contributed by atoms with E-state index in [2.05, 4.69) is 33.5 Å².